The van der Waals surface area contributed by atoms with E-state index in [-0.39, 0.29) is 0 Å². The van der Waals surface area contributed by atoms with Crippen molar-refractivity contribution in [3.63, 3.8) is 0 Å². The fourth-order valence-corrected chi connectivity index (χ4v) is 2.58. The second kappa shape index (κ2) is 5.50. The van der Waals surface area contributed by atoms with Gasteiger partial charge < -0.3 is 9.64 Å². The quantitative estimate of drug-likeness (QED) is 0.697. The second-order valence-corrected chi connectivity index (χ2v) is 4.70. The van der Waals surface area contributed by atoms with Gasteiger partial charge in [0, 0.05) is 19.5 Å². The molecule has 0 spiro atoms. The van der Waals surface area contributed by atoms with Crippen molar-refractivity contribution in [2.24, 2.45) is 5.92 Å². The van der Waals surface area contributed by atoms with Gasteiger partial charge in [-0.2, -0.15) is 0 Å². The Hall–Kier alpha value is -0.570. The predicted octanol–water partition coefficient (Wildman–Crippen LogP) is 1.82. The van der Waals surface area contributed by atoms with Gasteiger partial charge in [0.25, 0.3) is 0 Å². The van der Waals surface area contributed by atoms with Gasteiger partial charge in [0.15, 0.2) is 0 Å². The molecule has 0 aromatic carbocycles. The minimum absolute atomic E-state index is 0.352. The van der Waals surface area contributed by atoms with Crippen LogP contribution in [0.1, 0.15) is 38.5 Å². The van der Waals surface area contributed by atoms with Gasteiger partial charge in [-0.3, -0.25) is 4.79 Å². The molecule has 86 valence electrons. The van der Waals surface area contributed by atoms with E-state index < -0.39 is 0 Å². The van der Waals surface area contributed by atoms with E-state index in [0.29, 0.717) is 11.8 Å². The standard InChI is InChI=1S/C12H21NO2/c14-12(13-6-8-15-9-7-13)10-11-4-2-1-3-5-11/h11H,1-10H2. The highest BCUT2D eigenvalue weighted by molar-refractivity contribution is 5.76. The molecule has 1 saturated carbocycles. The van der Waals surface area contributed by atoms with Crippen LogP contribution in [0.4, 0.5) is 0 Å². The van der Waals surface area contributed by atoms with E-state index in [0.717, 1.165) is 32.7 Å². The van der Waals surface area contributed by atoms with Crippen molar-refractivity contribution in [1.82, 2.24) is 4.90 Å². The van der Waals surface area contributed by atoms with Crippen molar-refractivity contribution in [2.75, 3.05) is 26.3 Å². The average molecular weight is 211 g/mol. The first-order valence-corrected chi connectivity index (χ1v) is 6.22. The molecular formula is C12H21NO2. The number of nitrogens with zero attached hydrogens (tertiary/aromatic N) is 1. The highest BCUT2D eigenvalue weighted by Gasteiger charge is 2.22. The molecule has 2 aliphatic rings. The second-order valence-electron chi connectivity index (χ2n) is 4.70. The molecule has 1 aliphatic carbocycles. The lowest BCUT2D eigenvalue weighted by Gasteiger charge is -2.29. The van der Waals surface area contributed by atoms with Crippen LogP contribution in [0.15, 0.2) is 0 Å². The van der Waals surface area contributed by atoms with Crippen molar-refractivity contribution in [3.05, 3.63) is 0 Å². The Morgan fingerprint density at radius 1 is 1.13 bits per heavy atom. The third kappa shape index (κ3) is 3.20. The number of amides is 1. The summed E-state index contributed by atoms with van der Waals surface area (Å²) in [6.45, 7) is 3.03. The van der Waals surface area contributed by atoms with Crippen LogP contribution in [0, 0.1) is 5.92 Å². The smallest absolute Gasteiger partial charge is 0.223 e. The third-order valence-corrected chi connectivity index (χ3v) is 3.55. The van der Waals surface area contributed by atoms with Gasteiger partial charge in [-0.25, -0.2) is 0 Å². The maximum Gasteiger partial charge on any atom is 0.223 e. The Morgan fingerprint density at radius 3 is 2.47 bits per heavy atom. The van der Waals surface area contributed by atoms with Crippen LogP contribution in [0.5, 0.6) is 0 Å². The number of hydrogen-bond acceptors (Lipinski definition) is 2. The number of carbonyl (C=O) groups is 1. The monoisotopic (exact) mass is 211 g/mol. The SMILES string of the molecule is O=C(CC1CCCCC1)N1CCOCC1. The van der Waals surface area contributed by atoms with Crippen LogP contribution in [0.3, 0.4) is 0 Å². The predicted molar refractivity (Wildman–Crippen MR) is 58.6 cm³/mol. The van der Waals surface area contributed by atoms with E-state index in [4.69, 9.17) is 4.74 Å². The van der Waals surface area contributed by atoms with Gasteiger partial charge in [0.05, 0.1) is 13.2 Å². The Bertz CT molecular complexity index is 206. The summed E-state index contributed by atoms with van der Waals surface area (Å²) >= 11 is 0. The molecule has 1 aliphatic heterocycles. The largest absolute Gasteiger partial charge is 0.378 e. The highest BCUT2D eigenvalue weighted by Crippen LogP contribution is 2.26. The molecule has 0 aromatic rings. The molecule has 0 radical (unpaired) electrons. The lowest BCUT2D eigenvalue weighted by atomic mass is 9.86. The normalized spacial score (nSPS) is 24.1. The van der Waals surface area contributed by atoms with Gasteiger partial charge in [0.2, 0.25) is 5.91 Å². The Labute approximate surface area is 91.8 Å². The van der Waals surface area contributed by atoms with Crippen molar-refractivity contribution in [3.8, 4) is 0 Å². The zero-order valence-electron chi connectivity index (χ0n) is 9.41. The molecule has 3 heteroatoms. The first kappa shape index (κ1) is 10.9. The molecule has 0 atom stereocenters. The number of ether oxygens (including phenoxy) is 1. The fourth-order valence-electron chi connectivity index (χ4n) is 2.58. The fraction of sp³-hybridized carbons (Fsp3) is 0.917. The van der Waals surface area contributed by atoms with Crippen LogP contribution in [-0.2, 0) is 9.53 Å². The first-order chi connectivity index (χ1) is 7.36. The maximum absolute atomic E-state index is 11.9. The number of morpholine rings is 1. The number of rotatable bonds is 2. The van der Waals surface area contributed by atoms with E-state index >= 15 is 0 Å². The van der Waals surface area contributed by atoms with Gasteiger partial charge in [-0.05, 0) is 18.8 Å². The third-order valence-electron chi connectivity index (χ3n) is 3.55. The van der Waals surface area contributed by atoms with Crippen molar-refractivity contribution in [1.29, 1.82) is 0 Å². The molecule has 1 saturated heterocycles. The van der Waals surface area contributed by atoms with Crippen LogP contribution >= 0.6 is 0 Å². The van der Waals surface area contributed by atoms with Gasteiger partial charge in [0.1, 0.15) is 0 Å². The van der Waals surface area contributed by atoms with E-state index in [2.05, 4.69) is 0 Å². The number of hydrogen-bond donors (Lipinski definition) is 0. The van der Waals surface area contributed by atoms with Crippen LogP contribution in [-0.4, -0.2) is 37.1 Å². The molecule has 0 bridgehead atoms. The molecule has 0 N–H and O–H groups in total. The molecule has 1 heterocycles. The van der Waals surface area contributed by atoms with Crippen LogP contribution < -0.4 is 0 Å². The summed E-state index contributed by atoms with van der Waals surface area (Å²) in [5.74, 6) is 1.01. The van der Waals surface area contributed by atoms with E-state index in [1.165, 1.54) is 32.1 Å². The van der Waals surface area contributed by atoms with Crippen LogP contribution in [0.25, 0.3) is 0 Å². The van der Waals surface area contributed by atoms with E-state index in [1.807, 2.05) is 4.90 Å². The van der Waals surface area contributed by atoms with Crippen LogP contribution in [0.2, 0.25) is 0 Å². The molecule has 2 rings (SSSR count). The van der Waals surface area contributed by atoms with Gasteiger partial charge in [-0.1, -0.05) is 19.3 Å². The Morgan fingerprint density at radius 2 is 1.80 bits per heavy atom. The average Bonchev–Trinajstić information content (AvgIpc) is 2.31. The minimum atomic E-state index is 0.352. The van der Waals surface area contributed by atoms with Gasteiger partial charge in [-0.15, -0.1) is 0 Å². The van der Waals surface area contributed by atoms with E-state index in [9.17, 15) is 4.79 Å². The molecule has 0 aromatic heterocycles. The summed E-state index contributed by atoms with van der Waals surface area (Å²) in [5, 5.41) is 0. The molecule has 3 nitrogen and oxygen atoms in total. The summed E-state index contributed by atoms with van der Waals surface area (Å²) in [4.78, 5) is 13.9. The molecular weight excluding hydrogens is 190 g/mol. The maximum atomic E-state index is 11.9. The lowest BCUT2D eigenvalue weighted by molar-refractivity contribution is -0.136. The zero-order valence-corrected chi connectivity index (χ0v) is 9.41. The van der Waals surface area contributed by atoms with Crippen molar-refractivity contribution >= 4 is 5.91 Å². The van der Waals surface area contributed by atoms with Gasteiger partial charge >= 0.3 is 0 Å². The molecule has 15 heavy (non-hydrogen) atoms. The first-order valence-electron chi connectivity index (χ1n) is 6.22. The van der Waals surface area contributed by atoms with Crippen molar-refractivity contribution in [2.45, 2.75) is 38.5 Å². The summed E-state index contributed by atoms with van der Waals surface area (Å²) in [7, 11) is 0. The molecule has 1 amide bonds. The molecule has 0 unspecified atom stereocenters. The Kier molecular flexibility index (Phi) is 4.01. The summed E-state index contributed by atoms with van der Waals surface area (Å²) in [6.07, 6.45) is 7.30. The van der Waals surface area contributed by atoms with E-state index in [1.54, 1.807) is 0 Å². The minimum Gasteiger partial charge on any atom is -0.378 e. The summed E-state index contributed by atoms with van der Waals surface area (Å²) in [5.41, 5.74) is 0. The highest BCUT2D eigenvalue weighted by atomic mass is 16.5. The summed E-state index contributed by atoms with van der Waals surface area (Å²) < 4.78 is 5.25. The topological polar surface area (TPSA) is 29.5 Å². The molecule has 2 fully saturated rings. The zero-order chi connectivity index (χ0) is 10.5. The Balaban J connectivity index is 1.74. The lowest BCUT2D eigenvalue weighted by Crippen LogP contribution is -2.41. The summed E-state index contributed by atoms with van der Waals surface area (Å²) in [6, 6.07) is 0. The van der Waals surface area contributed by atoms with Crippen molar-refractivity contribution < 1.29 is 9.53 Å². The number of carbonyl (C=O) groups excluding carboxylic acids is 1.